The summed E-state index contributed by atoms with van der Waals surface area (Å²) in [7, 11) is 3.10. The predicted octanol–water partition coefficient (Wildman–Crippen LogP) is 5.50. The van der Waals surface area contributed by atoms with Gasteiger partial charge in [-0.15, -0.1) is 0 Å². The highest BCUT2D eigenvalue weighted by Gasteiger charge is 2.30. The first-order chi connectivity index (χ1) is 15.4. The van der Waals surface area contributed by atoms with Crippen molar-refractivity contribution in [3.8, 4) is 23.0 Å². The zero-order valence-corrected chi connectivity index (χ0v) is 18.4. The minimum absolute atomic E-state index is 0.129. The molecule has 0 amide bonds. The van der Waals surface area contributed by atoms with Gasteiger partial charge in [0.25, 0.3) is 0 Å². The lowest BCUT2D eigenvalue weighted by molar-refractivity contribution is 0.0734. The van der Waals surface area contributed by atoms with Crippen molar-refractivity contribution in [2.45, 2.75) is 6.92 Å². The van der Waals surface area contributed by atoms with Crippen molar-refractivity contribution < 1.29 is 28.5 Å². The molecule has 1 aliphatic heterocycles. The Morgan fingerprint density at radius 3 is 2.50 bits per heavy atom. The lowest BCUT2D eigenvalue weighted by Crippen LogP contribution is -2.09. The largest absolute Gasteiger partial charge is 0.497 e. The number of carbonyl (C=O) groups excluding carboxylic acids is 2. The quantitative estimate of drug-likeness (QED) is 0.290. The van der Waals surface area contributed by atoms with Gasteiger partial charge in [-0.1, -0.05) is 23.7 Å². The molecule has 32 heavy (non-hydrogen) atoms. The zero-order chi connectivity index (χ0) is 22.8. The molecular formula is C25H19ClO6. The molecule has 0 aromatic heterocycles. The van der Waals surface area contributed by atoms with E-state index in [0.29, 0.717) is 39.0 Å². The number of carbonyl (C=O) groups is 2. The van der Waals surface area contributed by atoms with Gasteiger partial charge in [0.15, 0.2) is 5.76 Å². The molecule has 0 N–H and O–H groups in total. The van der Waals surface area contributed by atoms with Gasteiger partial charge in [0.2, 0.25) is 5.78 Å². The lowest BCUT2D eigenvalue weighted by atomic mass is 10.0. The Bertz CT molecular complexity index is 1260. The highest BCUT2D eigenvalue weighted by molar-refractivity contribution is 6.33. The van der Waals surface area contributed by atoms with Gasteiger partial charge in [0, 0.05) is 11.6 Å². The summed E-state index contributed by atoms with van der Waals surface area (Å²) in [5, 5.41) is 0.291. The van der Waals surface area contributed by atoms with E-state index >= 15 is 0 Å². The number of rotatable bonds is 5. The lowest BCUT2D eigenvalue weighted by Gasteiger charge is -2.09. The summed E-state index contributed by atoms with van der Waals surface area (Å²) in [5.74, 6) is 0.998. The molecule has 1 heterocycles. The third kappa shape index (κ3) is 4.05. The molecule has 3 aromatic carbocycles. The van der Waals surface area contributed by atoms with Crippen molar-refractivity contribution in [3.05, 3.63) is 87.6 Å². The molecule has 0 fully saturated rings. The van der Waals surface area contributed by atoms with E-state index < -0.39 is 5.97 Å². The highest BCUT2D eigenvalue weighted by Crippen LogP contribution is 2.38. The second-order valence-corrected chi connectivity index (χ2v) is 7.44. The Morgan fingerprint density at radius 1 is 1.00 bits per heavy atom. The fourth-order valence-electron chi connectivity index (χ4n) is 3.42. The van der Waals surface area contributed by atoms with Crippen LogP contribution in [0.5, 0.6) is 23.0 Å². The Balaban J connectivity index is 1.65. The number of hydrogen-bond donors (Lipinski definition) is 0. The molecule has 0 unspecified atom stereocenters. The number of benzene rings is 3. The van der Waals surface area contributed by atoms with Crippen LogP contribution in [0.1, 0.15) is 31.8 Å². The van der Waals surface area contributed by atoms with E-state index in [2.05, 4.69) is 0 Å². The standard InChI is InChI=1S/C25H19ClO6/c1-14-10-17(31-25(28)18-6-4-5-7-19(18)26)13-21-23(14)24(27)22(32-21)12-15-11-16(29-2)8-9-20(15)30-3/h4-13H,1-3H3/b22-12-. The summed E-state index contributed by atoms with van der Waals surface area (Å²) in [6, 6.07) is 15.0. The zero-order valence-electron chi connectivity index (χ0n) is 17.6. The number of halogens is 1. The fourth-order valence-corrected chi connectivity index (χ4v) is 3.63. The van der Waals surface area contributed by atoms with Crippen molar-refractivity contribution in [2.24, 2.45) is 0 Å². The Hall–Kier alpha value is -3.77. The van der Waals surface area contributed by atoms with Gasteiger partial charge in [-0.3, -0.25) is 4.79 Å². The maximum absolute atomic E-state index is 13.0. The van der Waals surface area contributed by atoms with Crippen LogP contribution in [0.2, 0.25) is 5.02 Å². The van der Waals surface area contributed by atoms with Gasteiger partial charge in [-0.05, 0) is 55.0 Å². The van der Waals surface area contributed by atoms with Crippen LogP contribution in [0.25, 0.3) is 6.08 Å². The van der Waals surface area contributed by atoms with Crippen LogP contribution in [0.3, 0.4) is 0 Å². The molecule has 0 atom stereocenters. The SMILES string of the molecule is COc1ccc(OC)c(/C=C2\Oc3cc(OC(=O)c4ccccc4Cl)cc(C)c3C2=O)c1. The molecule has 3 aromatic rings. The number of aryl methyl sites for hydroxylation is 1. The predicted molar refractivity (Wildman–Crippen MR) is 120 cm³/mol. The number of esters is 1. The van der Waals surface area contributed by atoms with Gasteiger partial charge in [0.05, 0.1) is 30.4 Å². The van der Waals surface area contributed by atoms with Crippen molar-refractivity contribution in [2.75, 3.05) is 14.2 Å². The first-order valence-electron chi connectivity index (χ1n) is 9.69. The average Bonchev–Trinajstić information content (AvgIpc) is 3.09. The van der Waals surface area contributed by atoms with Crippen molar-refractivity contribution in [1.29, 1.82) is 0 Å². The number of ketones is 1. The third-order valence-electron chi connectivity index (χ3n) is 4.97. The topological polar surface area (TPSA) is 71.1 Å². The Morgan fingerprint density at radius 2 is 1.78 bits per heavy atom. The molecule has 7 heteroatoms. The Kier molecular flexibility index (Phi) is 5.88. The van der Waals surface area contributed by atoms with Gasteiger partial charge >= 0.3 is 5.97 Å². The van der Waals surface area contributed by atoms with Crippen molar-refractivity contribution >= 4 is 29.4 Å². The van der Waals surface area contributed by atoms with Gasteiger partial charge in [-0.2, -0.15) is 0 Å². The molecule has 0 saturated carbocycles. The van der Waals surface area contributed by atoms with Crippen LogP contribution in [0.4, 0.5) is 0 Å². The maximum Gasteiger partial charge on any atom is 0.345 e. The van der Waals surface area contributed by atoms with Crippen LogP contribution in [-0.2, 0) is 0 Å². The second-order valence-electron chi connectivity index (χ2n) is 7.03. The first-order valence-corrected chi connectivity index (χ1v) is 10.1. The average molecular weight is 451 g/mol. The summed E-state index contributed by atoms with van der Waals surface area (Å²) in [6.07, 6.45) is 1.60. The molecule has 0 aliphatic carbocycles. The molecule has 6 nitrogen and oxygen atoms in total. The fraction of sp³-hybridized carbons (Fsp3) is 0.120. The molecule has 1 aliphatic rings. The van der Waals surface area contributed by atoms with Crippen LogP contribution in [0.15, 0.2) is 60.4 Å². The number of allylic oxidation sites excluding steroid dienone is 1. The van der Waals surface area contributed by atoms with E-state index in [0.717, 1.165) is 0 Å². The van der Waals surface area contributed by atoms with E-state index in [4.69, 9.17) is 30.5 Å². The summed E-state index contributed by atoms with van der Waals surface area (Å²) in [4.78, 5) is 25.5. The van der Waals surface area contributed by atoms with Crippen molar-refractivity contribution in [1.82, 2.24) is 0 Å². The van der Waals surface area contributed by atoms with Crippen molar-refractivity contribution in [3.63, 3.8) is 0 Å². The van der Waals surface area contributed by atoms with Crippen LogP contribution >= 0.6 is 11.6 Å². The third-order valence-corrected chi connectivity index (χ3v) is 5.30. The summed E-state index contributed by atoms with van der Waals surface area (Å²) < 4.78 is 21.9. The number of fused-ring (bicyclic) bond motifs is 1. The molecule has 162 valence electrons. The highest BCUT2D eigenvalue weighted by atomic mass is 35.5. The summed E-state index contributed by atoms with van der Waals surface area (Å²) in [5.41, 5.74) is 1.91. The maximum atomic E-state index is 13.0. The molecule has 0 bridgehead atoms. The van der Waals surface area contributed by atoms with Crippen LogP contribution in [-0.4, -0.2) is 26.0 Å². The van der Waals surface area contributed by atoms with Crippen LogP contribution < -0.4 is 18.9 Å². The first kappa shape index (κ1) is 21.5. The molecule has 0 radical (unpaired) electrons. The number of ether oxygens (including phenoxy) is 4. The normalized spacial score (nSPS) is 13.5. The minimum Gasteiger partial charge on any atom is -0.497 e. The summed E-state index contributed by atoms with van der Waals surface area (Å²) >= 11 is 6.08. The van der Waals surface area contributed by atoms with Gasteiger partial charge in [-0.25, -0.2) is 4.79 Å². The number of methoxy groups -OCH3 is 2. The van der Waals surface area contributed by atoms with Gasteiger partial charge in [0.1, 0.15) is 23.0 Å². The number of hydrogen-bond acceptors (Lipinski definition) is 6. The van der Waals surface area contributed by atoms with Crippen LogP contribution in [0, 0.1) is 6.92 Å². The van der Waals surface area contributed by atoms with E-state index in [-0.39, 0.29) is 22.9 Å². The molecule has 0 spiro atoms. The number of Topliss-reactive ketones (excluding diaryl/α,β-unsaturated/α-hetero) is 1. The second kappa shape index (κ2) is 8.77. The Labute approximate surface area is 189 Å². The minimum atomic E-state index is -0.601. The smallest absolute Gasteiger partial charge is 0.345 e. The van der Waals surface area contributed by atoms with E-state index in [1.807, 2.05) is 0 Å². The van der Waals surface area contributed by atoms with E-state index in [9.17, 15) is 9.59 Å². The van der Waals surface area contributed by atoms with Gasteiger partial charge < -0.3 is 18.9 Å². The summed E-state index contributed by atoms with van der Waals surface area (Å²) in [6.45, 7) is 1.75. The van der Waals surface area contributed by atoms with E-state index in [1.54, 1.807) is 75.8 Å². The molecular weight excluding hydrogens is 432 g/mol. The monoisotopic (exact) mass is 450 g/mol. The van der Waals surface area contributed by atoms with E-state index in [1.165, 1.54) is 6.07 Å². The molecule has 4 rings (SSSR count). The molecule has 0 saturated heterocycles.